The molecule has 1 unspecified atom stereocenters. The zero-order chi connectivity index (χ0) is 15.1. The first kappa shape index (κ1) is 15.9. The minimum absolute atomic E-state index is 0.0480. The highest BCUT2D eigenvalue weighted by Gasteiger charge is 2.18. The summed E-state index contributed by atoms with van der Waals surface area (Å²) in [5, 5.41) is 3.49. The van der Waals surface area contributed by atoms with Crippen LogP contribution in [0.5, 0.6) is 5.75 Å². The highest BCUT2D eigenvalue weighted by atomic mass is 32.2. The van der Waals surface area contributed by atoms with E-state index in [4.69, 9.17) is 4.74 Å². The molecule has 1 atom stereocenters. The summed E-state index contributed by atoms with van der Waals surface area (Å²) >= 11 is 1.85. The van der Waals surface area contributed by atoms with Gasteiger partial charge < -0.3 is 10.1 Å². The van der Waals surface area contributed by atoms with E-state index in [1.807, 2.05) is 30.1 Å². The van der Waals surface area contributed by atoms with Crippen LogP contribution in [-0.2, 0) is 0 Å². The van der Waals surface area contributed by atoms with Gasteiger partial charge in [-0.05, 0) is 42.1 Å². The number of ether oxygens (including phenoxy) is 1. The molecule has 0 saturated heterocycles. The maximum Gasteiger partial charge on any atom is 0.142 e. The van der Waals surface area contributed by atoms with Crippen LogP contribution in [0.25, 0.3) is 0 Å². The normalized spacial score (nSPS) is 12.1. The van der Waals surface area contributed by atoms with Crippen LogP contribution in [0.2, 0.25) is 0 Å². The molecule has 0 spiro atoms. The van der Waals surface area contributed by atoms with E-state index in [2.05, 4.69) is 48.4 Å². The van der Waals surface area contributed by atoms with E-state index in [-0.39, 0.29) is 6.04 Å². The minimum Gasteiger partial charge on any atom is -0.495 e. The first-order valence-corrected chi connectivity index (χ1v) is 8.23. The number of thioether (sulfide) groups is 1. The van der Waals surface area contributed by atoms with Gasteiger partial charge in [0.25, 0.3) is 0 Å². The van der Waals surface area contributed by atoms with Crippen molar-refractivity contribution in [1.82, 2.24) is 10.3 Å². The van der Waals surface area contributed by atoms with Crippen LogP contribution in [-0.4, -0.2) is 24.4 Å². The Morgan fingerprint density at radius 1 is 1.19 bits per heavy atom. The van der Waals surface area contributed by atoms with E-state index in [1.165, 1.54) is 10.5 Å². The molecule has 0 amide bonds. The first-order chi connectivity index (χ1) is 10.3. The van der Waals surface area contributed by atoms with Crippen molar-refractivity contribution in [3.05, 3.63) is 53.9 Å². The molecule has 0 aliphatic rings. The largest absolute Gasteiger partial charge is 0.495 e. The van der Waals surface area contributed by atoms with Crippen LogP contribution in [0.15, 0.2) is 47.5 Å². The van der Waals surface area contributed by atoms with Crippen LogP contribution in [0.3, 0.4) is 0 Å². The number of nitrogens with one attached hydrogen (secondary N) is 1. The lowest BCUT2D eigenvalue weighted by Gasteiger charge is -2.20. The quantitative estimate of drug-likeness (QED) is 0.787. The van der Waals surface area contributed by atoms with Gasteiger partial charge in [0, 0.05) is 11.1 Å². The Labute approximate surface area is 131 Å². The minimum atomic E-state index is 0.0480. The maximum absolute atomic E-state index is 5.45. The third-order valence-electron chi connectivity index (χ3n) is 3.23. The molecular weight excluding hydrogens is 280 g/mol. The van der Waals surface area contributed by atoms with E-state index < -0.39 is 0 Å². The lowest BCUT2D eigenvalue weighted by molar-refractivity contribution is 0.400. The third kappa shape index (κ3) is 3.99. The monoisotopic (exact) mass is 302 g/mol. The summed E-state index contributed by atoms with van der Waals surface area (Å²) in [6.07, 6.45) is 1.81. The van der Waals surface area contributed by atoms with E-state index >= 15 is 0 Å². The molecule has 0 aliphatic carbocycles. The van der Waals surface area contributed by atoms with Crippen molar-refractivity contribution < 1.29 is 4.74 Å². The number of benzene rings is 1. The van der Waals surface area contributed by atoms with Crippen LogP contribution >= 0.6 is 11.8 Å². The number of nitrogens with zero attached hydrogens (tertiary/aromatic N) is 1. The molecule has 0 bridgehead atoms. The smallest absolute Gasteiger partial charge is 0.142 e. The van der Waals surface area contributed by atoms with Crippen LogP contribution in [0.4, 0.5) is 0 Å². The molecule has 1 heterocycles. The van der Waals surface area contributed by atoms with Gasteiger partial charge in [0.1, 0.15) is 11.4 Å². The third-order valence-corrected chi connectivity index (χ3v) is 4.12. The van der Waals surface area contributed by atoms with E-state index in [0.717, 1.165) is 23.7 Å². The summed E-state index contributed by atoms with van der Waals surface area (Å²) in [5.41, 5.74) is 2.13. The molecule has 1 aromatic heterocycles. The van der Waals surface area contributed by atoms with Gasteiger partial charge >= 0.3 is 0 Å². The van der Waals surface area contributed by atoms with Crippen molar-refractivity contribution in [3.63, 3.8) is 0 Å². The molecule has 0 radical (unpaired) electrons. The van der Waals surface area contributed by atoms with Gasteiger partial charge in [0.05, 0.1) is 13.2 Å². The molecule has 21 heavy (non-hydrogen) atoms. The van der Waals surface area contributed by atoms with Crippen molar-refractivity contribution in [2.45, 2.75) is 24.8 Å². The van der Waals surface area contributed by atoms with Gasteiger partial charge in [-0.1, -0.05) is 26.0 Å². The Kier molecular flexibility index (Phi) is 6.08. The summed E-state index contributed by atoms with van der Waals surface area (Å²) in [5.74, 6) is 1.90. The SMILES string of the molecule is CCNC(c1ccc(SCC)cc1)c1ncccc1OC. The molecule has 0 saturated carbocycles. The van der Waals surface area contributed by atoms with E-state index in [0.29, 0.717) is 0 Å². The number of aromatic nitrogens is 1. The molecule has 1 aromatic carbocycles. The second kappa shape index (κ2) is 8.05. The lowest BCUT2D eigenvalue weighted by Crippen LogP contribution is -2.23. The van der Waals surface area contributed by atoms with Crippen LogP contribution in [0.1, 0.15) is 31.1 Å². The summed E-state index contributed by atoms with van der Waals surface area (Å²) in [6, 6.07) is 12.6. The second-order valence-corrected chi connectivity index (χ2v) is 5.92. The predicted octanol–water partition coefficient (Wildman–Crippen LogP) is 3.90. The number of pyridine rings is 1. The fraction of sp³-hybridized carbons (Fsp3) is 0.353. The average molecular weight is 302 g/mol. The Hall–Kier alpha value is -1.52. The molecule has 2 rings (SSSR count). The summed E-state index contributed by atoms with van der Waals surface area (Å²) < 4.78 is 5.45. The number of methoxy groups -OCH3 is 1. The number of hydrogen-bond acceptors (Lipinski definition) is 4. The van der Waals surface area contributed by atoms with Crippen molar-refractivity contribution in [2.24, 2.45) is 0 Å². The van der Waals surface area contributed by atoms with Gasteiger partial charge in [0.2, 0.25) is 0 Å². The summed E-state index contributed by atoms with van der Waals surface area (Å²) in [4.78, 5) is 5.81. The number of hydrogen-bond donors (Lipinski definition) is 1. The Bertz CT molecular complexity index is 557. The highest BCUT2D eigenvalue weighted by molar-refractivity contribution is 7.99. The van der Waals surface area contributed by atoms with Crippen molar-refractivity contribution in [2.75, 3.05) is 19.4 Å². The maximum atomic E-state index is 5.45. The molecule has 3 nitrogen and oxygen atoms in total. The van der Waals surface area contributed by atoms with Crippen LogP contribution in [0, 0.1) is 0 Å². The van der Waals surface area contributed by atoms with Gasteiger partial charge in [0.15, 0.2) is 0 Å². The summed E-state index contributed by atoms with van der Waals surface area (Å²) in [6.45, 7) is 5.14. The highest BCUT2D eigenvalue weighted by Crippen LogP contribution is 2.29. The Morgan fingerprint density at radius 3 is 2.57 bits per heavy atom. The second-order valence-electron chi connectivity index (χ2n) is 4.58. The molecule has 4 heteroatoms. The topological polar surface area (TPSA) is 34.2 Å². The van der Waals surface area contributed by atoms with Gasteiger partial charge in [-0.15, -0.1) is 11.8 Å². The molecule has 0 fully saturated rings. The number of rotatable bonds is 7. The fourth-order valence-electron chi connectivity index (χ4n) is 2.29. The lowest BCUT2D eigenvalue weighted by atomic mass is 10.0. The molecule has 1 N–H and O–H groups in total. The zero-order valence-electron chi connectivity index (χ0n) is 12.8. The van der Waals surface area contributed by atoms with Crippen molar-refractivity contribution in [3.8, 4) is 5.75 Å². The molecule has 112 valence electrons. The predicted molar refractivity (Wildman–Crippen MR) is 89.1 cm³/mol. The molecule has 2 aromatic rings. The fourth-order valence-corrected chi connectivity index (χ4v) is 2.95. The Balaban J connectivity index is 2.33. The first-order valence-electron chi connectivity index (χ1n) is 7.25. The van der Waals surface area contributed by atoms with E-state index in [9.17, 15) is 0 Å². The van der Waals surface area contributed by atoms with Gasteiger partial charge in [-0.25, -0.2) is 0 Å². The zero-order valence-corrected chi connectivity index (χ0v) is 13.6. The van der Waals surface area contributed by atoms with Gasteiger partial charge in [-0.2, -0.15) is 0 Å². The standard InChI is InChI=1S/C17H22N2OS/c1-4-18-16(17-15(20-3)7-6-12-19-17)13-8-10-14(11-9-13)21-5-2/h6-12,16,18H,4-5H2,1-3H3. The van der Waals surface area contributed by atoms with Crippen LogP contribution < -0.4 is 10.1 Å². The van der Waals surface area contributed by atoms with Crippen molar-refractivity contribution in [1.29, 1.82) is 0 Å². The Morgan fingerprint density at radius 2 is 1.95 bits per heavy atom. The van der Waals surface area contributed by atoms with E-state index in [1.54, 1.807) is 7.11 Å². The molecule has 0 aliphatic heterocycles. The average Bonchev–Trinajstić information content (AvgIpc) is 2.54. The van der Waals surface area contributed by atoms with Crippen molar-refractivity contribution >= 4 is 11.8 Å². The van der Waals surface area contributed by atoms with Gasteiger partial charge in [-0.3, -0.25) is 4.98 Å². The molecular formula is C17H22N2OS. The summed E-state index contributed by atoms with van der Waals surface area (Å²) in [7, 11) is 1.69.